The molecule has 1 saturated carbocycles. The molecule has 82 valence electrons. The fraction of sp³-hybridized carbons (Fsp3) is 0.833. The molecule has 1 atom stereocenters. The fourth-order valence-electron chi connectivity index (χ4n) is 2.04. The van der Waals surface area contributed by atoms with E-state index in [1.165, 1.54) is 19.3 Å². The summed E-state index contributed by atoms with van der Waals surface area (Å²) in [6.07, 6.45) is 6.94. The number of rotatable bonds is 7. The molecule has 1 aliphatic rings. The van der Waals surface area contributed by atoms with Gasteiger partial charge in [-0.2, -0.15) is 0 Å². The van der Waals surface area contributed by atoms with E-state index in [9.17, 15) is 0 Å². The topological polar surface area (TPSA) is 29.3 Å². The molecule has 0 aliphatic heterocycles. The van der Waals surface area contributed by atoms with E-state index in [0.717, 1.165) is 25.4 Å². The van der Waals surface area contributed by atoms with Gasteiger partial charge in [0.2, 0.25) is 0 Å². The van der Waals surface area contributed by atoms with Crippen LogP contribution in [0.2, 0.25) is 0 Å². The molecule has 0 aromatic rings. The lowest BCUT2D eigenvalue weighted by Crippen LogP contribution is -2.48. The summed E-state index contributed by atoms with van der Waals surface area (Å²) in [5.74, 6) is 0.768. The minimum Gasteiger partial charge on any atom is -0.324 e. The molecule has 1 unspecified atom stereocenters. The first-order valence-electron chi connectivity index (χ1n) is 5.64. The Bertz CT molecular complexity index is 183. The second-order valence-corrected chi connectivity index (χ2v) is 4.95. The van der Waals surface area contributed by atoms with Gasteiger partial charge < -0.3 is 10.6 Å². The molecule has 0 heterocycles. The number of allylic oxidation sites excluding steroid dienone is 1. The number of nitrogens with two attached hydrogens (primary N) is 1. The van der Waals surface area contributed by atoms with Gasteiger partial charge in [0.25, 0.3) is 0 Å². The summed E-state index contributed by atoms with van der Waals surface area (Å²) in [7, 11) is 2.16. The quantitative estimate of drug-likeness (QED) is 0.498. The molecular weight excluding hydrogens is 172 g/mol. The largest absolute Gasteiger partial charge is 0.324 e. The molecule has 1 rings (SSSR count). The Labute approximate surface area is 88.2 Å². The summed E-state index contributed by atoms with van der Waals surface area (Å²) in [5.41, 5.74) is 6.30. The van der Waals surface area contributed by atoms with Crippen LogP contribution in [0.5, 0.6) is 0 Å². The molecule has 1 aliphatic carbocycles. The summed E-state index contributed by atoms with van der Waals surface area (Å²) < 4.78 is 0. The van der Waals surface area contributed by atoms with Gasteiger partial charge in [0.1, 0.15) is 0 Å². The first-order chi connectivity index (χ1) is 6.56. The Morgan fingerprint density at radius 2 is 2.21 bits per heavy atom. The Kier molecular flexibility index (Phi) is 4.14. The number of nitrogens with zero attached hydrogens (tertiary/aromatic N) is 1. The van der Waals surface area contributed by atoms with Gasteiger partial charge in [-0.3, -0.25) is 0 Å². The molecule has 0 bridgehead atoms. The summed E-state index contributed by atoms with van der Waals surface area (Å²) in [6.45, 7) is 8.07. The van der Waals surface area contributed by atoms with Crippen LogP contribution in [0.3, 0.4) is 0 Å². The lowest BCUT2D eigenvalue weighted by atomic mass is 9.97. The number of likely N-dealkylation sites (N-methyl/N-ethyl adjacent to an activating group) is 1. The van der Waals surface area contributed by atoms with Crippen LogP contribution in [0.15, 0.2) is 12.7 Å². The third-order valence-corrected chi connectivity index (χ3v) is 3.07. The van der Waals surface area contributed by atoms with E-state index < -0.39 is 0 Å². The standard InChI is InChI=1S/C12H24N2/c1-4-5-6-9-14(3)10-12(2,13)11-7-8-11/h4,11H,1,5-10,13H2,2-3H3. The Balaban J connectivity index is 2.17. The van der Waals surface area contributed by atoms with E-state index in [1.54, 1.807) is 0 Å². The van der Waals surface area contributed by atoms with Crippen molar-refractivity contribution in [2.75, 3.05) is 20.1 Å². The third kappa shape index (κ3) is 3.81. The smallest absolute Gasteiger partial charge is 0.0283 e. The van der Waals surface area contributed by atoms with Gasteiger partial charge in [-0.05, 0) is 52.1 Å². The maximum absolute atomic E-state index is 6.27. The van der Waals surface area contributed by atoms with E-state index in [1.807, 2.05) is 6.08 Å². The van der Waals surface area contributed by atoms with Crippen molar-refractivity contribution in [3.8, 4) is 0 Å². The van der Waals surface area contributed by atoms with Gasteiger partial charge in [-0.15, -0.1) is 6.58 Å². The lowest BCUT2D eigenvalue weighted by molar-refractivity contribution is 0.237. The summed E-state index contributed by atoms with van der Waals surface area (Å²) >= 11 is 0. The minimum absolute atomic E-state index is 0.0307. The molecule has 0 radical (unpaired) electrons. The zero-order valence-electron chi connectivity index (χ0n) is 9.63. The maximum atomic E-state index is 6.27. The highest BCUT2D eigenvalue weighted by Gasteiger charge is 2.38. The molecule has 2 N–H and O–H groups in total. The van der Waals surface area contributed by atoms with Gasteiger partial charge in [0.15, 0.2) is 0 Å². The first kappa shape index (κ1) is 11.7. The van der Waals surface area contributed by atoms with Crippen LogP contribution in [0.1, 0.15) is 32.6 Å². The van der Waals surface area contributed by atoms with Crippen LogP contribution >= 0.6 is 0 Å². The van der Waals surface area contributed by atoms with Crippen LogP contribution in [-0.2, 0) is 0 Å². The molecule has 0 aromatic carbocycles. The maximum Gasteiger partial charge on any atom is 0.0283 e. The normalized spacial score (nSPS) is 20.9. The Morgan fingerprint density at radius 3 is 2.71 bits per heavy atom. The van der Waals surface area contributed by atoms with Crippen molar-refractivity contribution in [3.63, 3.8) is 0 Å². The van der Waals surface area contributed by atoms with E-state index in [4.69, 9.17) is 5.73 Å². The highest BCUT2D eigenvalue weighted by molar-refractivity contribution is 4.96. The molecule has 14 heavy (non-hydrogen) atoms. The van der Waals surface area contributed by atoms with Crippen molar-refractivity contribution in [2.24, 2.45) is 11.7 Å². The molecule has 0 aromatic heterocycles. The Morgan fingerprint density at radius 1 is 1.57 bits per heavy atom. The molecule has 2 heteroatoms. The van der Waals surface area contributed by atoms with Gasteiger partial charge in [0.05, 0.1) is 0 Å². The SMILES string of the molecule is C=CCCCN(C)CC(C)(N)C1CC1. The van der Waals surface area contributed by atoms with Crippen LogP contribution in [0, 0.1) is 5.92 Å². The highest BCUT2D eigenvalue weighted by Crippen LogP contribution is 2.38. The predicted molar refractivity (Wildman–Crippen MR) is 62.2 cm³/mol. The Hall–Kier alpha value is -0.340. The number of hydrogen-bond donors (Lipinski definition) is 1. The molecular formula is C12H24N2. The molecule has 0 saturated heterocycles. The first-order valence-corrected chi connectivity index (χ1v) is 5.64. The number of hydrogen-bond acceptors (Lipinski definition) is 2. The fourth-order valence-corrected chi connectivity index (χ4v) is 2.04. The van der Waals surface area contributed by atoms with E-state index in [0.29, 0.717) is 0 Å². The van der Waals surface area contributed by atoms with Crippen molar-refractivity contribution in [1.82, 2.24) is 4.90 Å². The minimum atomic E-state index is 0.0307. The van der Waals surface area contributed by atoms with E-state index in [-0.39, 0.29) is 5.54 Å². The monoisotopic (exact) mass is 196 g/mol. The second-order valence-electron chi connectivity index (χ2n) is 4.95. The van der Waals surface area contributed by atoms with Crippen LogP contribution < -0.4 is 5.73 Å². The summed E-state index contributed by atoms with van der Waals surface area (Å²) in [5, 5.41) is 0. The van der Waals surface area contributed by atoms with E-state index >= 15 is 0 Å². The van der Waals surface area contributed by atoms with Crippen molar-refractivity contribution in [1.29, 1.82) is 0 Å². The van der Waals surface area contributed by atoms with Crippen molar-refractivity contribution in [3.05, 3.63) is 12.7 Å². The number of unbranched alkanes of at least 4 members (excludes halogenated alkanes) is 1. The lowest BCUT2D eigenvalue weighted by Gasteiger charge is -2.30. The van der Waals surface area contributed by atoms with Crippen LogP contribution in [0.25, 0.3) is 0 Å². The second kappa shape index (κ2) is 4.94. The third-order valence-electron chi connectivity index (χ3n) is 3.07. The van der Waals surface area contributed by atoms with Gasteiger partial charge in [0, 0.05) is 12.1 Å². The van der Waals surface area contributed by atoms with Gasteiger partial charge >= 0.3 is 0 Å². The van der Waals surface area contributed by atoms with Gasteiger partial charge in [-0.25, -0.2) is 0 Å². The summed E-state index contributed by atoms with van der Waals surface area (Å²) in [6, 6.07) is 0. The molecule has 0 spiro atoms. The molecule has 1 fully saturated rings. The average molecular weight is 196 g/mol. The van der Waals surface area contributed by atoms with Crippen molar-refractivity contribution < 1.29 is 0 Å². The summed E-state index contributed by atoms with van der Waals surface area (Å²) in [4.78, 5) is 2.35. The zero-order chi connectivity index (χ0) is 10.6. The van der Waals surface area contributed by atoms with Crippen molar-refractivity contribution >= 4 is 0 Å². The zero-order valence-corrected chi connectivity index (χ0v) is 9.63. The van der Waals surface area contributed by atoms with Crippen LogP contribution in [-0.4, -0.2) is 30.6 Å². The average Bonchev–Trinajstić information content (AvgIpc) is 2.85. The van der Waals surface area contributed by atoms with E-state index in [2.05, 4.69) is 25.5 Å². The van der Waals surface area contributed by atoms with Crippen LogP contribution in [0.4, 0.5) is 0 Å². The molecule has 2 nitrogen and oxygen atoms in total. The predicted octanol–water partition coefficient (Wildman–Crippen LogP) is 2.01. The van der Waals surface area contributed by atoms with Crippen molar-refractivity contribution in [2.45, 2.75) is 38.1 Å². The van der Waals surface area contributed by atoms with Gasteiger partial charge in [-0.1, -0.05) is 6.08 Å². The molecule has 0 amide bonds. The highest BCUT2D eigenvalue weighted by atomic mass is 15.1.